The Balaban J connectivity index is 1.71. The first-order valence-corrected chi connectivity index (χ1v) is 8.46. The fraction of sp³-hybridized carbons (Fsp3) is 0.267. The molecule has 1 unspecified atom stereocenters. The standard InChI is InChI=1S/C15H14FNO2S2/c16-10-1-2-14-12(6-10)13(3-4-20-14)17-7-11-5-9(8-21-11)15(18)19/h1-2,5-6,8,13,17H,3-4,7H2,(H,18,19). The lowest BCUT2D eigenvalue weighted by molar-refractivity contribution is 0.0697. The molecule has 3 nitrogen and oxygen atoms in total. The van der Waals surface area contributed by atoms with Crippen molar-refractivity contribution in [3.63, 3.8) is 0 Å². The van der Waals surface area contributed by atoms with Crippen molar-refractivity contribution in [3.8, 4) is 0 Å². The third-order valence-corrected chi connectivity index (χ3v) is 5.49. The number of hydrogen-bond donors (Lipinski definition) is 2. The van der Waals surface area contributed by atoms with E-state index in [4.69, 9.17) is 5.11 Å². The molecule has 0 aliphatic carbocycles. The smallest absolute Gasteiger partial charge is 0.336 e. The molecule has 1 aliphatic heterocycles. The van der Waals surface area contributed by atoms with E-state index < -0.39 is 5.97 Å². The largest absolute Gasteiger partial charge is 0.478 e. The van der Waals surface area contributed by atoms with Crippen molar-refractivity contribution in [2.45, 2.75) is 23.9 Å². The molecular formula is C15H14FNO2S2. The van der Waals surface area contributed by atoms with Gasteiger partial charge in [-0.1, -0.05) is 0 Å². The van der Waals surface area contributed by atoms with Crippen molar-refractivity contribution in [3.05, 3.63) is 51.5 Å². The minimum absolute atomic E-state index is 0.118. The van der Waals surface area contributed by atoms with Gasteiger partial charge in [0.2, 0.25) is 0 Å². The van der Waals surface area contributed by atoms with Crippen LogP contribution >= 0.6 is 23.1 Å². The summed E-state index contributed by atoms with van der Waals surface area (Å²) in [4.78, 5) is 13.0. The van der Waals surface area contributed by atoms with Crippen LogP contribution in [0, 0.1) is 5.82 Å². The molecule has 2 aromatic rings. The van der Waals surface area contributed by atoms with Crippen molar-refractivity contribution in [1.29, 1.82) is 0 Å². The molecule has 0 saturated heterocycles. The Kier molecular flexibility index (Phi) is 4.28. The first-order chi connectivity index (χ1) is 10.1. The Morgan fingerprint density at radius 2 is 2.29 bits per heavy atom. The number of carboxylic acid groups (broad SMARTS) is 1. The summed E-state index contributed by atoms with van der Waals surface area (Å²) in [5.41, 5.74) is 1.32. The van der Waals surface area contributed by atoms with Gasteiger partial charge >= 0.3 is 5.97 Å². The predicted molar refractivity (Wildman–Crippen MR) is 82.6 cm³/mol. The van der Waals surface area contributed by atoms with Crippen LogP contribution in [0.3, 0.4) is 0 Å². The fourth-order valence-electron chi connectivity index (χ4n) is 2.39. The number of thiophene rings is 1. The molecular weight excluding hydrogens is 309 g/mol. The van der Waals surface area contributed by atoms with Crippen molar-refractivity contribution in [1.82, 2.24) is 5.32 Å². The molecule has 2 heterocycles. The zero-order chi connectivity index (χ0) is 14.8. The number of thioether (sulfide) groups is 1. The number of nitrogens with one attached hydrogen (secondary N) is 1. The molecule has 0 bridgehead atoms. The molecule has 0 fully saturated rings. The van der Waals surface area contributed by atoms with E-state index in [1.165, 1.54) is 17.4 Å². The Hall–Kier alpha value is -1.37. The summed E-state index contributed by atoms with van der Waals surface area (Å²) in [6, 6.07) is 6.72. The monoisotopic (exact) mass is 323 g/mol. The third kappa shape index (κ3) is 3.28. The lowest BCUT2D eigenvalue weighted by atomic mass is 10.0. The molecule has 0 amide bonds. The van der Waals surface area contributed by atoms with Crippen LogP contribution in [-0.2, 0) is 6.54 Å². The van der Waals surface area contributed by atoms with Crippen LogP contribution in [0.4, 0.5) is 4.39 Å². The lowest BCUT2D eigenvalue weighted by Crippen LogP contribution is -2.24. The van der Waals surface area contributed by atoms with E-state index in [1.807, 2.05) is 6.07 Å². The van der Waals surface area contributed by atoms with Crippen molar-refractivity contribution in [2.24, 2.45) is 0 Å². The van der Waals surface area contributed by atoms with Gasteiger partial charge in [0.25, 0.3) is 0 Å². The SMILES string of the molecule is O=C(O)c1csc(CNC2CCSc3ccc(F)cc32)c1. The molecule has 1 aromatic carbocycles. The van der Waals surface area contributed by atoms with Crippen LogP contribution in [0.5, 0.6) is 0 Å². The van der Waals surface area contributed by atoms with Crippen molar-refractivity contribution in [2.75, 3.05) is 5.75 Å². The highest BCUT2D eigenvalue weighted by Crippen LogP contribution is 2.36. The molecule has 2 N–H and O–H groups in total. The first kappa shape index (κ1) is 14.6. The number of halogens is 1. The fourth-order valence-corrected chi connectivity index (χ4v) is 4.30. The van der Waals surface area contributed by atoms with Gasteiger partial charge < -0.3 is 10.4 Å². The van der Waals surface area contributed by atoms with E-state index in [-0.39, 0.29) is 11.9 Å². The highest BCUT2D eigenvalue weighted by Gasteiger charge is 2.21. The second kappa shape index (κ2) is 6.17. The summed E-state index contributed by atoms with van der Waals surface area (Å²) in [6.07, 6.45) is 0.943. The van der Waals surface area contributed by atoms with Crippen LogP contribution in [0.1, 0.15) is 33.3 Å². The lowest BCUT2D eigenvalue weighted by Gasteiger charge is -2.26. The molecule has 0 radical (unpaired) electrons. The topological polar surface area (TPSA) is 49.3 Å². The number of carboxylic acids is 1. The normalized spacial score (nSPS) is 17.5. The van der Waals surface area contributed by atoms with Gasteiger partial charge in [-0.3, -0.25) is 0 Å². The van der Waals surface area contributed by atoms with Gasteiger partial charge in [-0.05, 0) is 42.0 Å². The zero-order valence-corrected chi connectivity index (χ0v) is 12.8. The number of aromatic carboxylic acids is 1. The van der Waals surface area contributed by atoms with Gasteiger partial charge in [0.05, 0.1) is 5.56 Å². The number of hydrogen-bond acceptors (Lipinski definition) is 4. The maximum atomic E-state index is 13.4. The molecule has 1 aromatic heterocycles. The minimum Gasteiger partial charge on any atom is -0.478 e. The maximum Gasteiger partial charge on any atom is 0.336 e. The van der Waals surface area contributed by atoms with Crippen LogP contribution in [0.2, 0.25) is 0 Å². The summed E-state index contributed by atoms with van der Waals surface area (Å²) in [6.45, 7) is 0.600. The Labute approximate surface area is 130 Å². The second-order valence-corrected chi connectivity index (χ2v) is 6.99. The summed E-state index contributed by atoms with van der Waals surface area (Å²) < 4.78 is 13.4. The summed E-state index contributed by atoms with van der Waals surface area (Å²) in [5.74, 6) is -0.118. The van der Waals surface area contributed by atoms with Gasteiger partial charge in [0.1, 0.15) is 5.82 Å². The van der Waals surface area contributed by atoms with Crippen LogP contribution < -0.4 is 5.32 Å². The first-order valence-electron chi connectivity index (χ1n) is 6.60. The molecule has 6 heteroatoms. The van der Waals surface area contributed by atoms with Gasteiger partial charge in [-0.2, -0.15) is 0 Å². The Bertz CT molecular complexity index is 671. The molecule has 3 rings (SSSR count). The van der Waals surface area contributed by atoms with E-state index in [0.717, 1.165) is 27.5 Å². The van der Waals surface area contributed by atoms with Crippen LogP contribution in [0.25, 0.3) is 0 Å². The highest BCUT2D eigenvalue weighted by atomic mass is 32.2. The summed E-state index contributed by atoms with van der Waals surface area (Å²) in [5, 5.41) is 14.0. The number of fused-ring (bicyclic) bond motifs is 1. The minimum atomic E-state index is -0.904. The quantitative estimate of drug-likeness (QED) is 0.895. The van der Waals surface area contributed by atoms with E-state index in [0.29, 0.717) is 12.1 Å². The van der Waals surface area contributed by atoms with E-state index in [9.17, 15) is 9.18 Å². The molecule has 0 spiro atoms. The number of benzene rings is 1. The van der Waals surface area contributed by atoms with Gasteiger partial charge in [-0.15, -0.1) is 23.1 Å². The molecule has 1 aliphatic rings. The number of rotatable bonds is 4. The summed E-state index contributed by atoms with van der Waals surface area (Å²) >= 11 is 3.18. The predicted octanol–water partition coefficient (Wildman–Crippen LogP) is 3.91. The maximum absolute atomic E-state index is 13.4. The third-order valence-electron chi connectivity index (χ3n) is 3.43. The van der Waals surface area contributed by atoms with Gasteiger partial charge in [0, 0.05) is 27.7 Å². The van der Waals surface area contributed by atoms with E-state index in [2.05, 4.69) is 5.32 Å². The molecule has 0 saturated carbocycles. The Morgan fingerprint density at radius 1 is 1.43 bits per heavy atom. The Morgan fingerprint density at radius 3 is 3.05 bits per heavy atom. The van der Waals surface area contributed by atoms with Gasteiger partial charge in [0.15, 0.2) is 0 Å². The van der Waals surface area contributed by atoms with E-state index >= 15 is 0 Å². The molecule has 21 heavy (non-hydrogen) atoms. The van der Waals surface area contributed by atoms with Gasteiger partial charge in [-0.25, -0.2) is 9.18 Å². The molecule has 1 atom stereocenters. The molecule has 110 valence electrons. The van der Waals surface area contributed by atoms with Crippen molar-refractivity contribution < 1.29 is 14.3 Å². The van der Waals surface area contributed by atoms with Crippen LogP contribution in [0.15, 0.2) is 34.5 Å². The zero-order valence-electron chi connectivity index (χ0n) is 11.1. The second-order valence-electron chi connectivity index (χ2n) is 4.86. The highest BCUT2D eigenvalue weighted by molar-refractivity contribution is 7.99. The average Bonchev–Trinajstić information content (AvgIpc) is 2.94. The van der Waals surface area contributed by atoms with Crippen LogP contribution in [-0.4, -0.2) is 16.8 Å². The van der Waals surface area contributed by atoms with E-state index in [1.54, 1.807) is 29.3 Å². The number of carbonyl (C=O) groups is 1. The average molecular weight is 323 g/mol. The summed E-state index contributed by atoms with van der Waals surface area (Å²) in [7, 11) is 0. The van der Waals surface area contributed by atoms with Crippen molar-refractivity contribution >= 4 is 29.1 Å².